The van der Waals surface area contributed by atoms with Gasteiger partial charge in [0.15, 0.2) is 5.78 Å². The maximum Gasteiger partial charge on any atom is 0.251 e. The van der Waals surface area contributed by atoms with E-state index in [4.69, 9.17) is 0 Å². The molecule has 1 unspecified atom stereocenters. The van der Waals surface area contributed by atoms with Crippen molar-refractivity contribution >= 4 is 23.5 Å². The summed E-state index contributed by atoms with van der Waals surface area (Å²) < 4.78 is 1.83. The van der Waals surface area contributed by atoms with Crippen LogP contribution in [0.15, 0.2) is 65.5 Å². The number of imidazole rings is 1. The minimum Gasteiger partial charge on any atom is -0.345 e. The minimum atomic E-state index is -0.274. The molecule has 1 atom stereocenters. The van der Waals surface area contributed by atoms with Crippen LogP contribution in [0.25, 0.3) is 5.69 Å². The normalized spacial score (nSPS) is 12.5. The van der Waals surface area contributed by atoms with Crippen LogP contribution in [-0.2, 0) is 4.79 Å². The van der Waals surface area contributed by atoms with Crippen molar-refractivity contribution < 1.29 is 9.59 Å². The summed E-state index contributed by atoms with van der Waals surface area (Å²) >= 11 is 1.29. The Hall–Kier alpha value is -2.60. The third kappa shape index (κ3) is 4.93. The first-order valence-electron chi connectivity index (χ1n) is 7.85. The molecule has 0 aliphatic rings. The van der Waals surface area contributed by atoms with Gasteiger partial charge >= 0.3 is 0 Å². The Bertz CT molecular complexity index is 810. The van der Waals surface area contributed by atoms with E-state index in [1.807, 2.05) is 36.7 Å². The molecule has 0 spiro atoms. The van der Waals surface area contributed by atoms with Gasteiger partial charge in [-0.15, -0.1) is 0 Å². The van der Waals surface area contributed by atoms with Crippen LogP contribution in [0.2, 0.25) is 0 Å². The van der Waals surface area contributed by atoms with Crippen molar-refractivity contribution in [1.29, 1.82) is 0 Å². The standard InChI is InChI=1S/C19H21N3O2S/c1-5-18(14(3)23)25-15(4)13(2)21-19(24)16-7-6-8-17(11-16)22-10-9-20-12-22/h5-13H,4H2,1-3H3,(H,21,24)/b18-5-. The largest absolute Gasteiger partial charge is 0.345 e. The van der Waals surface area contributed by atoms with Gasteiger partial charge in [0.25, 0.3) is 5.91 Å². The average Bonchev–Trinajstić information content (AvgIpc) is 3.13. The maximum absolute atomic E-state index is 12.5. The Balaban J connectivity index is 2.05. The Morgan fingerprint density at radius 1 is 1.40 bits per heavy atom. The first-order chi connectivity index (χ1) is 11.9. The van der Waals surface area contributed by atoms with Crippen molar-refractivity contribution in [3.8, 4) is 5.69 Å². The Kier molecular flexibility index (Phi) is 6.36. The summed E-state index contributed by atoms with van der Waals surface area (Å²) in [6.45, 7) is 9.14. The van der Waals surface area contributed by atoms with Crippen molar-refractivity contribution in [2.75, 3.05) is 0 Å². The van der Waals surface area contributed by atoms with Crippen LogP contribution >= 0.6 is 11.8 Å². The zero-order chi connectivity index (χ0) is 18.4. The number of hydrogen-bond donors (Lipinski definition) is 1. The third-order valence-corrected chi connectivity index (χ3v) is 4.95. The van der Waals surface area contributed by atoms with E-state index < -0.39 is 0 Å². The number of thioether (sulfide) groups is 1. The molecule has 2 aromatic rings. The number of Topliss-reactive ketones (excluding diaryl/α,β-unsaturated/α-hetero) is 1. The molecule has 1 heterocycles. The molecule has 6 heteroatoms. The number of amides is 1. The van der Waals surface area contributed by atoms with E-state index in [9.17, 15) is 9.59 Å². The zero-order valence-electron chi connectivity index (χ0n) is 14.5. The monoisotopic (exact) mass is 355 g/mol. The molecule has 0 saturated carbocycles. The van der Waals surface area contributed by atoms with Gasteiger partial charge in [-0.3, -0.25) is 9.59 Å². The SMILES string of the molecule is C=C(S/C(=C\C)C(C)=O)C(C)NC(=O)c1cccc(-n2ccnc2)c1. The van der Waals surface area contributed by atoms with Crippen LogP contribution < -0.4 is 5.32 Å². The van der Waals surface area contributed by atoms with Crippen molar-refractivity contribution in [3.05, 3.63) is 71.0 Å². The van der Waals surface area contributed by atoms with Gasteiger partial charge in [-0.2, -0.15) is 0 Å². The summed E-state index contributed by atoms with van der Waals surface area (Å²) in [7, 11) is 0. The number of carbonyl (C=O) groups excluding carboxylic acids is 2. The number of nitrogens with zero attached hydrogens (tertiary/aromatic N) is 2. The molecule has 2 rings (SSSR count). The second-order valence-corrected chi connectivity index (χ2v) is 6.66. The van der Waals surface area contributed by atoms with Crippen LogP contribution in [-0.4, -0.2) is 27.3 Å². The van der Waals surface area contributed by atoms with Crippen LogP contribution in [0.5, 0.6) is 0 Å². The molecule has 0 bridgehead atoms. The highest BCUT2D eigenvalue weighted by atomic mass is 32.2. The lowest BCUT2D eigenvalue weighted by Crippen LogP contribution is -2.33. The molecule has 1 amide bonds. The van der Waals surface area contributed by atoms with E-state index in [2.05, 4.69) is 16.9 Å². The molecular weight excluding hydrogens is 334 g/mol. The maximum atomic E-state index is 12.5. The van der Waals surface area contributed by atoms with Gasteiger partial charge in [0.1, 0.15) is 0 Å². The number of carbonyl (C=O) groups is 2. The van der Waals surface area contributed by atoms with Crippen LogP contribution in [0.4, 0.5) is 0 Å². The highest BCUT2D eigenvalue weighted by molar-refractivity contribution is 8.07. The molecule has 0 aliphatic carbocycles. The van der Waals surface area contributed by atoms with Crippen molar-refractivity contribution in [1.82, 2.24) is 14.9 Å². The van der Waals surface area contributed by atoms with E-state index in [1.165, 1.54) is 18.7 Å². The highest BCUT2D eigenvalue weighted by Gasteiger charge is 2.15. The molecule has 130 valence electrons. The second-order valence-electron chi connectivity index (χ2n) is 5.49. The van der Waals surface area contributed by atoms with Gasteiger partial charge in [0.05, 0.1) is 17.3 Å². The van der Waals surface area contributed by atoms with E-state index in [0.717, 1.165) is 5.69 Å². The number of benzene rings is 1. The Morgan fingerprint density at radius 2 is 2.16 bits per heavy atom. The molecule has 0 saturated heterocycles. The van der Waals surface area contributed by atoms with Gasteiger partial charge in [-0.05, 0) is 39.0 Å². The van der Waals surface area contributed by atoms with Gasteiger partial charge in [-0.25, -0.2) is 4.98 Å². The predicted octanol–water partition coefficient (Wildman–Crippen LogP) is 3.73. The zero-order valence-corrected chi connectivity index (χ0v) is 15.3. The van der Waals surface area contributed by atoms with E-state index in [1.54, 1.807) is 30.7 Å². The summed E-state index contributed by atoms with van der Waals surface area (Å²) in [6.07, 6.45) is 6.93. The third-order valence-electron chi connectivity index (χ3n) is 3.59. The first kappa shape index (κ1) is 18.7. The first-order valence-corrected chi connectivity index (χ1v) is 8.67. The summed E-state index contributed by atoms with van der Waals surface area (Å²) in [5, 5.41) is 2.91. The molecule has 0 aliphatic heterocycles. The van der Waals surface area contributed by atoms with Crippen molar-refractivity contribution in [2.45, 2.75) is 26.8 Å². The van der Waals surface area contributed by atoms with Crippen LogP contribution in [0, 0.1) is 0 Å². The summed E-state index contributed by atoms with van der Waals surface area (Å²) in [4.78, 5) is 29.3. The highest BCUT2D eigenvalue weighted by Crippen LogP contribution is 2.27. The second kappa shape index (κ2) is 8.48. The summed E-state index contributed by atoms with van der Waals surface area (Å²) in [5.74, 6) is -0.207. The van der Waals surface area contributed by atoms with Gasteiger partial charge < -0.3 is 9.88 Å². The minimum absolute atomic E-state index is 0.0137. The average molecular weight is 355 g/mol. The van der Waals surface area contributed by atoms with Crippen molar-refractivity contribution in [2.24, 2.45) is 0 Å². The molecule has 0 fully saturated rings. The van der Waals surface area contributed by atoms with Crippen LogP contribution in [0.3, 0.4) is 0 Å². The lowest BCUT2D eigenvalue weighted by molar-refractivity contribution is -0.112. The topological polar surface area (TPSA) is 64.0 Å². The quantitative estimate of drug-likeness (QED) is 0.769. The number of hydrogen-bond acceptors (Lipinski definition) is 4. The number of rotatable bonds is 7. The van der Waals surface area contributed by atoms with Crippen LogP contribution in [0.1, 0.15) is 31.1 Å². The number of nitrogens with one attached hydrogen (secondary N) is 1. The molecule has 5 nitrogen and oxygen atoms in total. The smallest absolute Gasteiger partial charge is 0.251 e. The van der Waals surface area contributed by atoms with E-state index in [-0.39, 0.29) is 17.7 Å². The molecule has 1 aromatic heterocycles. The lowest BCUT2D eigenvalue weighted by atomic mass is 10.1. The summed E-state index contributed by atoms with van der Waals surface area (Å²) in [6, 6.07) is 7.01. The molecule has 25 heavy (non-hydrogen) atoms. The lowest BCUT2D eigenvalue weighted by Gasteiger charge is -2.17. The summed E-state index contributed by atoms with van der Waals surface area (Å²) in [5.41, 5.74) is 1.41. The van der Waals surface area contributed by atoms with E-state index in [0.29, 0.717) is 15.4 Å². The Morgan fingerprint density at radius 3 is 2.76 bits per heavy atom. The number of aromatic nitrogens is 2. The molecular formula is C19H21N3O2S. The van der Waals surface area contributed by atoms with Gasteiger partial charge in [0, 0.05) is 28.5 Å². The van der Waals surface area contributed by atoms with E-state index >= 15 is 0 Å². The molecule has 0 radical (unpaired) electrons. The fourth-order valence-electron chi connectivity index (χ4n) is 2.14. The van der Waals surface area contributed by atoms with Crippen molar-refractivity contribution in [3.63, 3.8) is 0 Å². The predicted molar refractivity (Wildman–Crippen MR) is 102 cm³/mol. The number of allylic oxidation sites excluding steroid dienone is 2. The molecule has 1 N–H and O–H groups in total. The fraction of sp³-hybridized carbons (Fsp3) is 0.211. The molecule has 1 aromatic carbocycles. The number of ketones is 1. The van der Waals surface area contributed by atoms with Gasteiger partial charge in [0.2, 0.25) is 0 Å². The fourth-order valence-corrected chi connectivity index (χ4v) is 2.92. The van der Waals surface area contributed by atoms with Gasteiger partial charge in [-0.1, -0.05) is 30.5 Å². The Labute approximate surface area is 151 Å².